The van der Waals surface area contributed by atoms with Crippen molar-refractivity contribution in [2.75, 3.05) is 18.0 Å². The third kappa shape index (κ3) is 8.07. The number of hydrogen-bond donors (Lipinski definition) is 1. The fraction of sp³-hybridized carbons (Fsp3) is 0.355. The van der Waals surface area contributed by atoms with Gasteiger partial charge in [0.25, 0.3) is 10.0 Å². The molecule has 0 aromatic heterocycles. The Hall–Kier alpha value is -3.92. The van der Waals surface area contributed by atoms with Gasteiger partial charge < -0.3 is 15.0 Å². The highest BCUT2D eigenvalue weighted by Crippen LogP contribution is 2.26. The maximum atomic E-state index is 14.1. The number of ether oxygens (including phenoxy) is 1. The van der Waals surface area contributed by atoms with Gasteiger partial charge >= 0.3 is 0 Å². The van der Waals surface area contributed by atoms with E-state index in [-0.39, 0.29) is 29.1 Å². The fourth-order valence-corrected chi connectivity index (χ4v) is 5.72. The van der Waals surface area contributed by atoms with E-state index in [4.69, 9.17) is 4.74 Å². The Morgan fingerprint density at radius 1 is 0.976 bits per heavy atom. The van der Waals surface area contributed by atoms with Crippen molar-refractivity contribution in [3.8, 4) is 5.75 Å². The second kappa shape index (κ2) is 14.1. The molecule has 10 heteroatoms. The lowest BCUT2D eigenvalue weighted by Crippen LogP contribution is -2.53. The lowest BCUT2D eigenvalue weighted by molar-refractivity contribution is -0.140. The van der Waals surface area contributed by atoms with Gasteiger partial charge in [-0.3, -0.25) is 13.9 Å². The Morgan fingerprint density at radius 2 is 1.63 bits per heavy atom. The van der Waals surface area contributed by atoms with Gasteiger partial charge in [-0.15, -0.1) is 0 Å². The maximum absolute atomic E-state index is 14.1. The van der Waals surface area contributed by atoms with Gasteiger partial charge in [-0.25, -0.2) is 12.8 Å². The van der Waals surface area contributed by atoms with E-state index in [1.54, 1.807) is 37.3 Å². The van der Waals surface area contributed by atoms with Crippen LogP contribution in [0.25, 0.3) is 0 Å². The zero-order valence-electron chi connectivity index (χ0n) is 24.1. The highest BCUT2D eigenvalue weighted by molar-refractivity contribution is 7.92. The number of sulfonamides is 1. The molecule has 3 rings (SSSR count). The summed E-state index contributed by atoms with van der Waals surface area (Å²) in [5, 5.41) is 2.95. The molecule has 8 nitrogen and oxygen atoms in total. The highest BCUT2D eigenvalue weighted by Gasteiger charge is 2.34. The van der Waals surface area contributed by atoms with Crippen LogP contribution in [0.15, 0.2) is 77.7 Å². The second-order valence-corrected chi connectivity index (χ2v) is 11.8. The van der Waals surface area contributed by atoms with Gasteiger partial charge in [0, 0.05) is 12.6 Å². The van der Waals surface area contributed by atoms with Crippen molar-refractivity contribution in [3.63, 3.8) is 0 Å². The largest absolute Gasteiger partial charge is 0.497 e. The number of amides is 2. The number of anilines is 1. The second-order valence-electron chi connectivity index (χ2n) is 9.92. The first-order chi connectivity index (χ1) is 19.5. The third-order valence-corrected chi connectivity index (χ3v) is 8.66. The predicted molar refractivity (Wildman–Crippen MR) is 158 cm³/mol. The van der Waals surface area contributed by atoms with Crippen LogP contribution in [0.3, 0.4) is 0 Å². The summed E-state index contributed by atoms with van der Waals surface area (Å²) in [7, 11) is -2.69. The number of carbonyl (C=O) groups is 2. The van der Waals surface area contributed by atoms with Gasteiger partial charge in [0.05, 0.1) is 17.7 Å². The monoisotopic (exact) mass is 583 g/mol. The van der Waals surface area contributed by atoms with Gasteiger partial charge in [-0.2, -0.15) is 0 Å². The lowest BCUT2D eigenvalue weighted by atomic mass is 10.1. The number of rotatable bonds is 13. The van der Waals surface area contributed by atoms with Crippen LogP contribution in [-0.2, 0) is 26.2 Å². The normalized spacial score (nSPS) is 12.7. The van der Waals surface area contributed by atoms with Crippen molar-refractivity contribution in [1.82, 2.24) is 10.2 Å². The van der Waals surface area contributed by atoms with Crippen molar-refractivity contribution < 1.29 is 27.1 Å². The van der Waals surface area contributed by atoms with Crippen LogP contribution >= 0.6 is 0 Å². The lowest BCUT2D eigenvalue weighted by Gasteiger charge is -2.33. The summed E-state index contributed by atoms with van der Waals surface area (Å²) in [4.78, 5) is 28.8. The smallest absolute Gasteiger partial charge is 0.264 e. The summed E-state index contributed by atoms with van der Waals surface area (Å²) in [6.07, 6.45) is 1.01. The molecule has 3 aromatic carbocycles. The molecule has 220 valence electrons. The number of benzene rings is 3. The van der Waals surface area contributed by atoms with Gasteiger partial charge in [0.2, 0.25) is 11.8 Å². The molecule has 2 atom stereocenters. The quantitative estimate of drug-likeness (QED) is 0.304. The zero-order valence-corrected chi connectivity index (χ0v) is 24.9. The van der Waals surface area contributed by atoms with Crippen molar-refractivity contribution >= 4 is 27.5 Å². The van der Waals surface area contributed by atoms with E-state index in [0.29, 0.717) is 24.2 Å². The molecule has 3 aromatic rings. The van der Waals surface area contributed by atoms with Crippen molar-refractivity contribution in [3.05, 3.63) is 89.7 Å². The number of carbonyl (C=O) groups excluding carboxylic acids is 2. The summed E-state index contributed by atoms with van der Waals surface area (Å²) < 4.78 is 47.8. The molecule has 0 aliphatic heterocycles. The minimum Gasteiger partial charge on any atom is -0.497 e. The van der Waals surface area contributed by atoms with E-state index in [9.17, 15) is 22.4 Å². The molecule has 0 bridgehead atoms. The number of halogens is 1. The third-order valence-electron chi connectivity index (χ3n) is 6.88. The topological polar surface area (TPSA) is 96.0 Å². The maximum Gasteiger partial charge on any atom is 0.264 e. The number of nitrogens with one attached hydrogen (secondary N) is 1. The first-order valence-electron chi connectivity index (χ1n) is 13.6. The van der Waals surface area contributed by atoms with Crippen LogP contribution in [0, 0.1) is 12.7 Å². The van der Waals surface area contributed by atoms with Crippen LogP contribution in [0.4, 0.5) is 10.1 Å². The summed E-state index contributed by atoms with van der Waals surface area (Å²) in [6.45, 7) is 6.91. The molecule has 0 unspecified atom stereocenters. The Labute approximate surface area is 242 Å². The SMILES string of the molecule is CC[C@H](C)NC(=O)[C@H](CC)N(Cc1cccc(OC)c1)C(=O)CN(c1ccc(F)cc1)S(=O)(=O)c1ccc(C)cc1. The molecule has 1 N–H and O–H groups in total. The predicted octanol–water partition coefficient (Wildman–Crippen LogP) is 5.06. The molecule has 0 fully saturated rings. The van der Waals surface area contributed by atoms with E-state index in [0.717, 1.165) is 22.0 Å². The molecular formula is C31H38FN3O5S. The number of hydrogen-bond acceptors (Lipinski definition) is 5. The Morgan fingerprint density at radius 3 is 2.22 bits per heavy atom. The van der Waals surface area contributed by atoms with E-state index in [1.165, 1.54) is 36.3 Å². The summed E-state index contributed by atoms with van der Waals surface area (Å²) >= 11 is 0. The zero-order chi connectivity index (χ0) is 30.2. The van der Waals surface area contributed by atoms with E-state index >= 15 is 0 Å². The molecule has 0 heterocycles. The molecule has 0 saturated heterocycles. The van der Waals surface area contributed by atoms with Gasteiger partial charge in [0.1, 0.15) is 24.2 Å². The molecule has 0 radical (unpaired) electrons. The molecule has 2 amide bonds. The van der Waals surface area contributed by atoms with Crippen LogP contribution in [0.5, 0.6) is 5.75 Å². The van der Waals surface area contributed by atoms with Crippen molar-refractivity contribution in [2.45, 2.75) is 64.1 Å². The molecule has 41 heavy (non-hydrogen) atoms. The Balaban J connectivity index is 2.06. The number of nitrogens with zero attached hydrogens (tertiary/aromatic N) is 2. The minimum absolute atomic E-state index is 0.0128. The first-order valence-corrected chi connectivity index (χ1v) is 15.0. The van der Waals surface area contributed by atoms with Gasteiger partial charge in [-0.05, 0) is 80.8 Å². The summed E-state index contributed by atoms with van der Waals surface area (Å²) in [5.74, 6) is -0.867. The summed E-state index contributed by atoms with van der Waals surface area (Å²) in [6, 6.07) is 17.3. The number of aryl methyl sites for hydroxylation is 1. The van der Waals surface area contributed by atoms with E-state index < -0.39 is 34.3 Å². The fourth-order valence-electron chi connectivity index (χ4n) is 4.30. The van der Waals surface area contributed by atoms with Crippen molar-refractivity contribution in [2.24, 2.45) is 0 Å². The molecule has 0 spiro atoms. The van der Waals surface area contributed by atoms with Crippen LogP contribution in [0.2, 0.25) is 0 Å². The Kier molecular flexibility index (Phi) is 10.9. The number of methoxy groups -OCH3 is 1. The van der Waals surface area contributed by atoms with Crippen molar-refractivity contribution in [1.29, 1.82) is 0 Å². The average Bonchev–Trinajstić information content (AvgIpc) is 2.96. The van der Waals surface area contributed by atoms with Crippen LogP contribution in [0.1, 0.15) is 44.7 Å². The van der Waals surface area contributed by atoms with Crippen LogP contribution in [-0.4, -0.2) is 50.9 Å². The Bertz CT molecular complexity index is 1430. The standard InChI is InChI=1S/C31H38FN3O5S/c1-6-23(4)33-31(37)29(7-2)34(20-24-9-8-10-27(19-24)40-5)30(36)21-35(26-15-13-25(32)14-16-26)41(38,39)28-17-11-22(3)12-18-28/h8-19,23,29H,6-7,20-21H2,1-5H3,(H,33,37)/t23-,29-/m0/s1. The molecule has 0 aliphatic rings. The van der Waals surface area contributed by atoms with Gasteiger partial charge in [-0.1, -0.05) is 43.7 Å². The molecule has 0 saturated carbocycles. The highest BCUT2D eigenvalue weighted by atomic mass is 32.2. The minimum atomic E-state index is -4.23. The van der Waals surface area contributed by atoms with E-state index in [2.05, 4.69) is 5.32 Å². The molecular weight excluding hydrogens is 545 g/mol. The average molecular weight is 584 g/mol. The van der Waals surface area contributed by atoms with Crippen LogP contribution < -0.4 is 14.4 Å². The van der Waals surface area contributed by atoms with E-state index in [1.807, 2.05) is 26.8 Å². The van der Waals surface area contributed by atoms with Gasteiger partial charge in [0.15, 0.2) is 0 Å². The first kappa shape index (κ1) is 31.6. The summed E-state index contributed by atoms with van der Waals surface area (Å²) in [5.41, 5.74) is 1.71. The molecule has 0 aliphatic carbocycles.